The van der Waals surface area contributed by atoms with Crippen LogP contribution in [0.2, 0.25) is 5.02 Å². The molecule has 0 aliphatic carbocycles. The average molecular weight is 404 g/mol. The number of ketones is 1. The summed E-state index contributed by atoms with van der Waals surface area (Å²) in [7, 11) is -3.94. The van der Waals surface area contributed by atoms with E-state index in [2.05, 4.69) is 4.72 Å². The molecule has 0 fully saturated rings. The van der Waals surface area contributed by atoms with Crippen LogP contribution in [0.25, 0.3) is 11.1 Å². The van der Waals surface area contributed by atoms with Gasteiger partial charge in [0.1, 0.15) is 5.82 Å². The summed E-state index contributed by atoms with van der Waals surface area (Å²) >= 11 is 5.80. The third kappa shape index (κ3) is 4.60. The first kappa shape index (κ1) is 19.2. The Hall–Kier alpha value is -2.54. The molecule has 0 amide bonds. The quantitative estimate of drug-likeness (QED) is 0.624. The molecule has 0 heterocycles. The fourth-order valence-corrected chi connectivity index (χ4v) is 3.80. The van der Waals surface area contributed by atoms with Crippen LogP contribution in [0.1, 0.15) is 10.4 Å². The summed E-state index contributed by atoms with van der Waals surface area (Å²) in [6.07, 6.45) is 0. The Morgan fingerprint density at radius 3 is 2.37 bits per heavy atom. The summed E-state index contributed by atoms with van der Waals surface area (Å²) in [5, 5.41) is 0.255. The number of benzene rings is 3. The van der Waals surface area contributed by atoms with E-state index in [1.165, 1.54) is 36.4 Å². The van der Waals surface area contributed by atoms with E-state index >= 15 is 0 Å². The zero-order valence-corrected chi connectivity index (χ0v) is 15.6. The van der Waals surface area contributed by atoms with E-state index in [1.807, 2.05) is 30.3 Å². The van der Waals surface area contributed by atoms with Crippen molar-refractivity contribution in [1.82, 2.24) is 4.72 Å². The number of Topliss-reactive ketones (excluding diaryl/α,β-unsaturated/α-hetero) is 1. The van der Waals surface area contributed by atoms with Crippen molar-refractivity contribution in [2.24, 2.45) is 0 Å². The Morgan fingerprint density at radius 1 is 0.926 bits per heavy atom. The van der Waals surface area contributed by atoms with Crippen LogP contribution in [-0.2, 0) is 10.0 Å². The summed E-state index contributed by atoms with van der Waals surface area (Å²) in [4.78, 5) is 12.3. The van der Waals surface area contributed by atoms with Gasteiger partial charge < -0.3 is 0 Å². The molecule has 0 aromatic heterocycles. The minimum absolute atomic E-state index is 0.0682. The average Bonchev–Trinajstić information content (AvgIpc) is 2.67. The monoisotopic (exact) mass is 403 g/mol. The predicted octanol–water partition coefficient (Wildman–Crippen LogP) is 4.31. The van der Waals surface area contributed by atoms with Crippen molar-refractivity contribution in [1.29, 1.82) is 0 Å². The maximum Gasteiger partial charge on any atom is 0.241 e. The smallest absolute Gasteiger partial charge is 0.241 e. The molecule has 7 heteroatoms. The standard InChI is InChI=1S/C20H15ClFNO3S/c21-16-7-4-8-17(12-16)27(25,26)23-13-20(24)18-11-15(9-10-19(18)22)14-5-2-1-3-6-14/h1-12,23H,13H2. The molecular formula is C20H15ClFNO3S. The maximum absolute atomic E-state index is 14.1. The molecule has 0 saturated heterocycles. The highest BCUT2D eigenvalue weighted by atomic mass is 35.5. The van der Waals surface area contributed by atoms with Gasteiger partial charge in [0, 0.05) is 5.02 Å². The Bertz CT molecular complexity index is 1090. The first-order valence-electron chi connectivity index (χ1n) is 8.00. The van der Waals surface area contributed by atoms with Gasteiger partial charge in [-0.05, 0) is 41.5 Å². The number of hydrogen-bond acceptors (Lipinski definition) is 3. The van der Waals surface area contributed by atoms with Crippen LogP contribution in [0.3, 0.4) is 0 Å². The van der Waals surface area contributed by atoms with E-state index < -0.39 is 28.2 Å². The van der Waals surface area contributed by atoms with E-state index in [-0.39, 0.29) is 15.5 Å². The van der Waals surface area contributed by atoms with Gasteiger partial charge in [0.25, 0.3) is 0 Å². The number of sulfonamides is 1. The lowest BCUT2D eigenvalue weighted by atomic mass is 10.0. The molecular weight excluding hydrogens is 389 g/mol. The molecule has 27 heavy (non-hydrogen) atoms. The maximum atomic E-state index is 14.1. The lowest BCUT2D eigenvalue weighted by Crippen LogP contribution is -2.30. The molecule has 3 rings (SSSR count). The normalized spacial score (nSPS) is 11.3. The molecule has 0 aliphatic rings. The van der Waals surface area contributed by atoms with Gasteiger partial charge in [-0.1, -0.05) is 54.1 Å². The van der Waals surface area contributed by atoms with Crippen LogP contribution in [0, 0.1) is 5.82 Å². The number of nitrogens with one attached hydrogen (secondary N) is 1. The number of carbonyl (C=O) groups is 1. The second-order valence-electron chi connectivity index (χ2n) is 5.77. The van der Waals surface area contributed by atoms with Gasteiger partial charge in [-0.25, -0.2) is 17.5 Å². The molecule has 0 aliphatic heterocycles. The number of rotatable bonds is 6. The third-order valence-electron chi connectivity index (χ3n) is 3.90. The molecule has 138 valence electrons. The fraction of sp³-hybridized carbons (Fsp3) is 0.0500. The zero-order chi connectivity index (χ0) is 19.4. The Morgan fingerprint density at radius 2 is 1.67 bits per heavy atom. The number of hydrogen-bond donors (Lipinski definition) is 1. The van der Waals surface area contributed by atoms with Gasteiger partial charge >= 0.3 is 0 Å². The van der Waals surface area contributed by atoms with Gasteiger partial charge in [0.05, 0.1) is 17.0 Å². The first-order valence-corrected chi connectivity index (χ1v) is 9.86. The molecule has 4 nitrogen and oxygen atoms in total. The Labute approximate surface area is 161 Å². The zero-order valence-electron chi connectivity index (χ0n) is 14.0. The highest BCUT2D eigenvalue weighted by Gasteiger charge is 2.19. The van der Waals surface area contributed by atoms with Crippen molar-refractivity contribution in [3.05, 3.63) is 89.2 Å². The first-order chi connectivity index (χ1) is 12.9. The van der Waals surface area contributed by atoms with Gasteiger partial charge in [-0.15, -0.1) is 0 Å². The minimum atomic E-state index is -3.94. The highest BCUT2D eigenvalue weighted by Crippen LogP contribution is 2.22. The van der Waals surface area contributed by atoms with E-state index in [0.717, 1.165) is 5.56 Å². The number of carbonyl (C=O) groups excluding carboxylic acids is 1. The van der Waals surface area contributed by atoms with E-state index in [1.54, 1.807) is 6.07 Å². The molecule has 3 aromatic rings. The molecule has 0 bridgehead atoms. The summed E-state index contributed by atoms with van der Waals surface area (Å²) in [5.74, 6) is -1.38. The van der Waals surface area contributed by atoms with Crippen molar-refractivity contribution in [2.45, 2.75) is 4.90 Å². The van der Waals surface area contributed by atoms with Crippen molar-refractivity contribution < 1.29 is 17.6 Å². The molecule has 0 radical (unpaired) electrons. The topological polar surface area (TPSA) is 63.2 Å². The van der Waals surface area contributed by atoms with Gasteiger partial charge in [-0.3, -0.25) is 4.79 Å². The van der Waals surface area contributed by atoms with Gasteiger partial charge in [-0.2, -0.15) is 0 Å². The summed E-state index contributed by atoms with van der Waals surface area (Å²) in [6, 6.07) is 19.0. The summed E-state index contributed by atoms with van der Waals surface area (Å²) in [5.41, 5.74) is 1.31. The largest absolute Gasteiger partial charge is 0.293 e. The molecule has 1 N–H and O–H groups in total. The second-order valence-corrected chi connectivity index (χ2v) is 7.97. The molecule has 0 spiro atoms. The predicted molar refractivity (Wildman–Crippen MR) is 103 cm³/mol. The van der Waals surface area contributed by atoms with Crippen molar-refractivity contribution >= 4 is 27.4 Å². The molecule has 3 aromatic carbocycles. The lowest BCUT2D eigenvalue weighted by molar-refractivity contribution is 0.0993. The molecule has 0 saturated carbocycles. The minimum Gasteiger partial charge on any atom is -0.293 e. The van der Waals surface area contributed by atoms with E-state index in [0.29, 0.717) is 5.56 Å². The summed E-state index contributed by atoms with van der Waals surface area (Å²) < 4.78 is 40.9. The highest BCUT2D eigenvalue weighted by molar-refractivity contribution is 7.89. The van der Waals surface area contributed by atoms with Crippen LogP contribution in [-0.4, -0.2) is 20.7 Å². The van der Waals surface area contributed by atoms with E-state index in [9.17, 15) is 17.6 Å². The Kier molecular flexibility index (Phi) is 5.70. The fourth-order valence-electron chi connectivity index (χ4n) is 2.52. The van der Waals surface area contributed by atoms with Crippen molar-refractivity contribution in [3.8, 4) is 11.1 Å². The third-order valence-corrected chi connectivity index (χ3v) is 5.54. The van der Waals surface area contributed by atoms with Crippen LogP contribution in [0.5, 0.6) is 0 Å². The van der Waals surface area contributed by atoms with Gasteiger partial charge in [0.2, 0.25) is 10.0 Å². The lowest BCUT2D eigenvalue weighted by Gasteiger charge is -2.09. The number of halogens is 2. The van der Waals surface area contributed by atoms with E-state index in [4.69, 9.17) is 11.6 Å². The van der Waals surface area contributed by atoms with Crippen molar-refractivity contribution in [3.63, 3.8) is 0 Å². The second kappa shape index (κ2) is 8.00. The molecule has 0 atom stereocenters. The van der Waals surface area contributed by atoms with Crippen LogP contribution < -0.4 is 4.72 Å². The van der Waals surface area contributed by atoms with Crippen LogP contribution in [0.15, 0.2) is 77.7 Å². The summed E-state index contributed by atoms with van der Waals surface area (Å²) in [6.45, 7) is -0.565. The van der Waals surface area contributed by atoms with Crippen LogP contribution >= 0.6 is 11.6 Å². The molecule has 0 unspecified atom stereocenters. The SMILES string of the molecule is O=C(CNS(=O)(=O)c1cccc(Cl)c1)c1cc(-c2ccccc2)ccc1F. The van der Waals surface area contributed by atoms with Gasteiger partial charge in [0.15, 0.2) is 5.78 Å². The van der Waals surface area contributed by atoms with Crippen LogP contribution in [0.4, 0.5) is 4.39 Å². The van der Waals surface area contributed by atoms with Crippen molar-refractivity contribution in [2.75, 3.05) is 6.54 Å². The Balaban J connectivity index is 1.80.